The second kappa shape index (κ2) is 8.29. The lowest BCUT2D eigenvalue weighted by Gasteiger charge is -2.04. The summed E-state index contributed by atoms with van der Waals surface area (Å²) in [6.07, 6.45) is 2.17. The maximum Gasteiger partial charge on any atom is 0.320 e. The van der Waals surface area contributed by atoms with Gasteiger partial charge in [-0.3, -0.25) is 9.59 Å². The van der Waals surface area contributed by atoms with Gasteiger partial charge in [-0.05, 0) is 31.4 Å². The average molecular weight is 280 g/mol. The van der Waals surface area contributed by atoms with Crippen LogP contribution in [0.2, 0.25) is 0 Å². The van der Waals surface area contributed by atoms with Gasteiger partial charge < -0.3 is 21.3 Å². The molecule has 0 radical (unpaired) electrons. The highest BCUT2D eigenvalue weighted by Gasteiger charge is 2.20. The third-order valence-corrected chi connectivity index (χ3v) is 2.97. The molecule has 6 nitrogen and oxygen atoms in total. The summed E-state index contributed by atoms with van der Waals surface area (Å²) in [5, 5.41) is 19.7. The number of nitrogens with two attached hydrogens (primary N) is 1. The third kappa shape index (κ3) is 5.81. The smallest absolute Gasteiger partial charge is 0.320 e. The van der Waals surface area contributed by atoms with Crippen LogP contribution in [0, 0.1) is 0 Å². The zero-order valence-electron chi connectivity index (χ0n) is 11.2. The van der Waals surface area contributed by atoms with E-state index in [-0.39, 0.29) is 6.04 Å². The molecule has 0 aromatic heterocycles. The Morgan fingerprint density at radius 1 is 1.30 bits per heavy atom. The molecule has 1 saturated heterocycles. The van der Waals surface area contributed by atoms with Crippen molar-refractivity contribution in [1.82, 2.24) is 5.32 Å². The summed E-state index contributed by atoms with van der Waals surface area (Å²) in [6.45, 7) is 0.858. The van der Waals surface area contributed by atoms with Crippen molar-refractivity contribution in [3.8, 4) is 0 Å². The summed E-state index contributed by atoms with van der Waals surface area (Å²) in [4.78, 5) is 20.5. The van der Waals surface area contributed by atoms with Gasteiger partial charge in [0.2, 0.25) is 0 Å². The van der Waals surface area contributed by atoms with E-state index >= 15 is 0 Å². The number of carboxylic acid groups (broad SMARTS) is 2. The lowest BCUT2D eigenvalue weighted by atomic mass is 10.1. The Bertz CT molecular complexity index is 430. The average Bonchev–Trinajstić information content (AvgIpc) is 2.94. The SMILES string of the molecule is N[C@@H](Cc1ccccc1)C(=O)O.O=C(O)[C@H]1CCCN1. The van der Waals surface area contributed by atoms with E-state index in [4.69, 9.17) is 15.9 Å². The van der Waals surface area contributed by atoms with E-state index in [9.17, 15) is 9.59 Å². The first-order valence-electron chi connectivity index (χ1n) is 6.49. The van der Waals surface area contributed by atoms with Gasteiger partial charge in [0.1, 0.15) is 12.1 Å². The van der Waals surface area contributed by atoms with E-state index in [2.05, 4.69) is 5.32 Å². The van der Waals surface area contributed by atoms with Gasteiger partial charge in [-0.1, -0.05) is 30.3 Å². The molecule has 2 rings (SSSR count). The lowest BCUT2D eigenvalue weighted by molar-refractivity contribution is -0.139. The largest absolute Gasteiger partial charge is 0.480 e. The second-order valence-electron chi connectivity index (χ2n) is 4.62. The predicted octanol–water partition coefficient (Wildman–Crippen LogP) is 0.464. The Morgan fingerprint density at radius 2 is 1.95 bits per heavy atom. The summed E-state index contributed by atoms with van der Waals surface area (Å²) in [7, 11) is 0. The van der Waals surface area contributed by atoms with Crippen LogP contribution in [-0.4, -0.2) is 40.8 Å². The van der Waals surface area contributed by atoms with E-state index in [0.717, 1.165) is 24.9 Å². The van der Waals surface area contributed by atoms with Crippen LogP contribution in [0.3, 0.4) is 0 Å². The van der Waals surface area contributed by atoms with Gasteiger partial charge in [-0.25, -0.2) is 0 Å². The van der Waals surface area contributed by atoms with Gasteiger partial charge in [0, 0.05) is 0 Å². The van der Waals surface area contributed by atoms with Crippen molar-refractivity contribution in [2.45, 2.75) is 31.3 Å². The Labute approximate surface area is 117 Å². The molecule has 0 saturated carbocycles. The monoisotopic (exact) mass is 280 g/mol. The number of rotatable bonds is 4. The first kappa shape index (κ1) is 16.1. The highest BCUT2D eigenvalue weighted by molar-refractivity contribution is 5.74. The second-order valence-corrected chi connectivity index (χ2v) is 4.62. The van der Waals surface area contributed by atoms with Crippen LogP contribution >= 0.6 is 0 Å². The van der Waals surface area contributed by atoms with E-state index in [1.807, 2.05) is 30.3 Å². The fourth-order valence-corrected chi connectivity index (χ4v) is 1.85. The zero-order chi connectivity index (χ0) is 15.0. The Kier molecular flexibility index (Phi) is 6.69. The molecular weight excluding hydrogens is 260 g/mol. The van der Waals surface area contributed by atoms with Crippen LogP contribution in [0.5, 0.6) is 0 Å². The molecule has 110 valence electrons. The normalized spacial score (nSPS) is 18.8. The van der Waals surface area contributed by atoms with Crippen molar-refractivity contribution < 1.29 is 19.8 Å². The molecule has 1 heterocycles. The van der Waals surface area contributed by atoms with E-state index in [1.54, 1.807) is 0 Å². The van der Waals surface area contributed by atoms with Crippen LogP contribution in [0.15, 0.2) is 30.3 Å². The molecule has 0 aliphatic carbocycles. The molecule has 0 amide bonds. The Hall–Kier alpha value is -1.92. The Morgan fingerprint density at radius 3 is 2.35 bits per heavy atom. The lowest BCUT2D eigenvalue weighted by Crippen LogP contribution is -2.32. The number of hydrogen-bond donors (Lipinski definition) is 4. The van der Waals surface area contributed by atoms with E-state index < -0.39 is 18.0 Å². The minimum atomic E-state index is -0.959. The molecule has 1 aromatic rings. The maximum absolute atomic E-state index is 10.4. The first-order chi connectivity index (χ1) is 9.50. The molecule has 2 atom stereocenters. The Balaban J connectivity index is 0.000000217. The quantitative estimate of drug-likeness (QED) is 0.637. The van der Waals surface area contributed by atoms with Gasteiger partial charge in [0.15, 0.2) is 0 Å². The summed E-state index contributed by atoms with van der Waals surface area (Å²) in [5.41, 5.74) is 6.30. The van der Waals surface area contributed by atoms with E-state index in [1.165, 1.54) is 0 Å². The molecule has 5 N–H and O–H groups in total. The zero-order valence-corrected chi connectivity index (χ0v) is 11.2. The molecule has 0 bridgehead atoms. The highest BCUT2D eigenvalue weighted by atomic mass is 16.4. The van der Waals surface area contributed by atoms with Crippen molar-refractivity contribution in [3.05, 3.63) is 35.9 Å². The van der Waals surface area contributed by atoms with E-state index in [0.29, 0.717) is 6.42 Å². The number of carbonyl (C=O) groups is 2. The third-order valence-electron chi connectivity index (χ3n) is 2.97. The first-order valence-corrected chi connectivity index (χ1v) is 6.49. The van der Waals surface area contributed by atoms with Crippen LogP contribution in [-0.2, 0) is 16.0 Å². The number of aliphatic carboxylic acids is 2. The van der Waals surface area contributed by atoms with Crippen LogP contribution in [0.4, 0.5) is 0 Å². The number of hydrogen-bond acceptors (Lipinski definition) is 4. The predicted molar refractivity (Wildman–Crippen MR) is 74.4 cm³/mol. The molecule has 1 aromatic carbocycles. The minimum Gasteiger partial charge on any atom is -0.480 e. The summed E-state index contributed by atoms with van der Waals surface area (Å²) in [6, 6.07) is 8.28. The van der Waals surface area contributed by atoms with Crippen molar-refractivity contribution in [1.29, 1.82) is 0 Å². The van der Waals surface area contributed by atoms with Gasteiger partial charge in [0.25, 0.3) is 0 Å². The molecule has 20 heavy (non-hydrogen) atoms. The highest BCUT2D eigenvalue weighted by Crippen LogP contribution is 2.03. The number of nitrogens with one attached hydrogen (secondary N) is 1. The standard InChI is InChI=1S/C9H11NO2.C5H9NO2/c10-8(9(11)12)6-7-4-2-1-3-5-7;7-5(8)4-2-1-3-6-4/h1-5,8H,6,10H2,(H,11,12);4,6H,1-3H2,(H,7,8)/t8-;4-/m01/s1. The topological polar surface area (TPSA) is 113 Å². The maximum atomic E-state index is 10.4. The van der Waals surface area contributed by atoms with Gasteiger partial charge in [-0.15, -0.1) is 0 Å². The fraction of sp³-hybridized carbons (Fsp3) is 0.429. The van der Waals surface area contributed by atoms with Crippen LogP contribution in [0.25, 0.3) is 0 Å². The van der Waals surface area contributed by atoms with Crippen molar-refractivity contribution in [2.24, 2.45) is 5.73 Å². The number of carboxylic acids is 2. The summed E-state index contributed by atoms with van der Waals surface area (Å²) in [5.74, 6) is -1.68. The minimum absolute atomic E-state index is 0.269. The van der Waals surface area contributed by atoms with Gasteiger partial charge >= 0.3 is 11.9 Å². The summed E-state index contributed by atoms with van der Waals surface area (Å²) < 4.78 is 0. The molecule has 0 spiro atoms. The van der Waals surface area contributed by atoms with Crippen LogP contribution < -0.4 is 11.1 Å². The van der Waals surface area contributed by atoms with Gasteiger partial charge in [-0.2, -0.15) is 0 Å². The molecular formula is C14H20N2O4. The fourth-order valence-electron chi connectivity index (χ4n) is 1.85. The summed E-state index contributed by atoms with van der Waals surface area (Å²) >= 11 is 0. The molecule has 1 aliphatic heterocycles. The van der Waals surface area contributed by atoms with Gasteiger partial charge in [0.05, 0.1) is 0 Å². The van der Waals surface area contributed by atoms with Crippen molar-refractivity contribution in [2.75, 3.05) is 6.54 Å². The molecule has 6 heteroatoms. The molecule has 0 unspecified atom stereocenters. The van der Waals surface area contributed by atoms with Crippen molar-refractivity contribution in [3.63, 3.8) is 0 Å². The number of benzene rings is 1. The molecule has 1 fully saturated rings. The van der Waals surface area contributed by atoms with Crippen molar-refractivity contribution >= 4 is 11.9 Å². The molecule has 1 aliphatic rings. The van der Waals surface area contributed by atoms with Crippen LogP contribution in [0.1, 0.15) is 18.4 Å².